The van der Waals surface area contributed by atoms with Gasteiger partial charge < -0.3 is 0 Å². The smallest absolute Gasteiger partial charge is 0.133 e. The van der Waals surface area contributed by atoms with Gasteiger partial charge in [0.05, 0.1) is 8.07 Å². The summed E-state index contributed by atoms with van der Waals surface area (Å²) in [4.78, 5) is 11.9. The summed E-state index contributed by atoms with van der Waals surface area (Å²) in [5.41, 5.74) is 0.294. The maximum Gasteiger partial charge on any atom is 0.133 e. The van der Waals surface area contributed by atoms with E-state index in [9.17, 15) is 4.79 Å². The molecule has 1 atom stereocenters. The molecule has 0 rings (SSSR count). The molecular formula is C12H26OSi. The average Bonchev–Trinajstić information content (AvgIpc) is 2.01. The third-order valence-electron chi connectivity index (χ3n) is 3.99. The summed E-state index contributed by atoms with van der Waals surface area (Å²) in [7, 11) is -1.46. The Balaban J connectivity index is 4.66. The third-order valence-corrected chi connectivity index (χ3v) is 10.3. The zero-order valence-corrected chi connectivity index (χ0v) is 11.9. The molecule has 0 radical (unpaired) electrons. The molecule has 0 fully saturated rings. The van der Waals surface area contributed by atoms with Crippen molar-refractivity contribution in [3.8, 4) is 0 Å². The summed E-state index contributed by atoms with van der Waals surface area (Å²) in [5, 5.41) is 0.315. The Hall–Kier alpha value is -0.113. The summed E-state index contributed by atoms with van der Waals surface area (Å²) in [6, 6.07) is 0. The van der Waals surface area contributed by atoms with Gasteiger partial charge in [-0.1, -0.05) is 47.7 Å². The Morgan fingerprint density at radius 2 is 1.71 bits per heavy atom. The SMILES string of the molecule is CCCC(=O)[C@H](C)[Si](C)(C)C(C)(C)C. The van der Waals surface area contributed by atoms with Gasteiger partial charge in [-0.25, -0.2) is 0 Å². The molecule has 0 spiro atoms. The molecule has 0 heterocycles. The third kappa shape index (κ3) is 2.94. The number of ketones is 1. The Bertz CT molecular complexity index is 201. The van der Waals surface area contributed by atoms with E-state index < -0.39 is 8.07 Å². The van der Waals surface area contributed by atoms with E-state index in [1.54, 1.807) is 0 Å². The van der Waals surface area contributed by atoms with Gasteiger partial charge in [-0.2, -0.15) is 0 Å². The molecule has 0 unspecified atom stereocenters. The molecule has 0 aromatic carbocycles. The first kappa shape index (κ1) is 13.9. The van der Waals surface area contributed by atoms with Crippen LogP contribution in [0.1, 0.15) is 47.5 Å². The van der Waals surface area contributed by atoms with Crippen LogP contribution in [0.5, 0.6) is 0 Å². The first-order chi connectivity index (χ1) is 6.14. The highest BCUT2D eigenvalue weighted by atomic mass is 28.3. The van der Waals surface area contributed by atoms with Crippen LogP contribution in [0.3, 0.4) is 0 Å². The van der Waals surface area contributed by atoms with Crippen molar-refractivity contribution in [3.05, 3.63) is 0 Å². The van der Waals surface area contributed by atoms with E-state index in [0.717, 1.165) is 12.8 Å². The molecule has 0 aliphatic rings. The van der Waals surface area contributed by atoms with Crippen LogP contribution in [-0.4, -0.2) is 13.9 Å². The molecule has 0 N–H and O–H groups in total. The van der Waals surface area contributed by atoms with Crippen molar-refractivity contribution in [1.29, 1.82) is 0 Å². The Morgan fingerprint density at radius 1 is 1.29 bits per heavy atom. The second-order valence-corrected chi connectivity index (χ2v) is 11.7. The van der Waals surface area contributed by atoms with E-state index >= 15 is 0 Å². The molecule has 0 aliphatic carbocycles. The predicted octanol–water partition coefficient (Wildman–Crippen LogP) is 4.25. The van der Waals surface area contributed by atoms with Gasteiger partial charge in [0, 0.05) is 12.0 Å². The molecule has 0 aliphatic heterocycles. The van der Waals surface area contributed by atoms with Gasteiger partial charge in [0.15, 0.2) is 0 Å². The lowest BCUT2D eigenvalue weighted by molar-refractivity contribution is -0.118. The average molecular weight is 214 g/mol. The highest BCUT2D eigenvalue weighted by molar-refractivity contribution is 6.84. The summed E-state index contributed by atoms with van der Waals surface area (Å²) in [5.74, 6) is 0.471. The Kier molecular flexibility index (Phi) is 4.57. The zero-order chi connectivity index (χ0) is 11.6. The Labute approximate surface area is 90.3 Å². The molecular weight excluding hydrogens is 188 g/mol. The number of carbonyl (C=O) groups is 1. The van der Waals surface area contributed by atoms with Crippen LogP contribution in [-0.2, 0) is 4.79 Å². The lowest BCUT2D eigenvalue weighted by Gasteiger charge is -2.41. The maximum atomic E-state index is 11.9. The van der Waals surface area contributed by atoms with Crippen LogP contribution >= 0.6 is 0 Å². The van der Waals surface area contributed by atoms with Gasteiger partial charge in [-0.3, -0.25) is 4.79 Å². The van der Waals surface area contributed by atoms with E-state index in [1.165, 1.54) is 0 Å². The molecule has 0 aromatic heterocycles. The molecule has 0 aromatic rings. The van der Waals surface area contributed by atoms with Crippen LogP contribution in [0.2, 0.25) is 23.7 Å². The van der Waals surface area contributed by atoms with Crippen molar-refractivity contribution in [2.24, 2.45) is 0 Å². The number of carbonyl (C=O) groups excluding carboxylic acids is 1. The van der Waals surface area contributed by atoms with Gasteiger partial charge in [-0.05, 0) is 11.5 Å². The topological polar surface area (TPSA) is 17.1 Å². The van der Waals surface area contributed by atoms with Gasteiger partial charge in [0.2, 0.25) is 0 Å². The van der Waals surface area contributed by atoms with Gasteiger partial charge in [0.25, 0.3) is 0 Å². The van der Waals surface area contributed by atoms with E-state index in [4.69, 9.17) is 0 Å². The predicted molar refractivity (Wildman–Crippen MR) is 66.5 cm³/mol. The van der Waals surface area contributed by atoms with Crippen molar-refractivity contribution in [1.82, 2.24) is 0 Å². The van der Waals surface area contributed by atoms with E-state index in [-0.39, 0.29) is 0 Å². The fourth-order valence-electron chi connectivity index (χ4n) is 1.51. The van der Waals surface area contributed by atoms with E-state index in [0.29, 0.717) is 16.4 Å². The second kappa shape index (κ2) is 4.60. The number of Topliss-reactive ketones (excluding diaryl/α,β-unsaturated/α-hetero) is 1. The molecule has 14 heavy (non-hydrogen) atoms. The molecule has 2 heteroatoms. The fourth-order valence-corrected chi connectivity index (χ4v) is 3.76. The highest BCUT2D eigenvalue weighted by Crippen LogP contribution is 2.43. The van der Waals surface area contributed by atoms with Crippen LogP contribution < -0.4 is 0 Å². The minimum Gasteiger partial charge on any atom is -0.300 e. The van der Waals surface area contributed by atoms with Crippen molar-refractivity contribution in [2.45, 2.75) is 71.1 Å². The van der Waals surface area contributed by atoms with E-state index in [1.807, 2.05) is 0 Å². The van der Waals surface area contributed by atoms with Crippen LogP contribution in [0.25, 0.3) is 0 Å². The van der Waals surface area contributed by atoms with Crippen molar-refractivity contribution in [3.63, 3.8) is 0 Å². The van der Waals surface area contributed by atoms with Gasteiger partial charge >= 0.3 is 0 Å². The first-order valence-corrected chi connectivity index (χ1v) is 8.75. The fraction of sp³-hybridized carbons (Fsp3) is 0.917. The molecule has 84 valence electrons. The number of rotatable bonds is 4. The standard InChI is InChI=1S/C12H26OSi/c1-8-9-11(13)10(2)14(6,7)12(3,4)5/h10H,8-9H2,1-7H3/t10-/m0/s1. The normalized spacial score (nSPS) is 15.4. The zero-order valence-electron chi connectivity index (χ0n) is 10.9. The largest absolute Gasteiger partial charge is 0.300 e. The van der Waals surface area contributed by atoms with Gasteiger partial charge in [0.1, 0.15) is 5.78 Å². The van der Waals surface area contributed by atoms with Crippen LogP contribution in [0, 0.1) is 0 Å². The molecule has 1 nitrogen and oxygen atoms in total. The minimum atomic E-state index is -1.46. The van der Waals surface area contributed by atoms with Crippen molar-refractivity contribution in [2.75, 3.05) is 0 Å². The van der Waals surface area contributed by atoms with E-state index in [2.05, 4.69) is 47.7 Å². The van der Waals surface area contributed by atoms with Crippen molar-refractivity contribution < 1.29 is 4.79 Å². The van der Waals surface area contributed by atoms with Crippen LogP contribution in [0.15, 0.2) is 0 Å². The monoisotopic (exact) mass is 214 g/mol. The summed E-state index contributed by atoms with van der Waals surface area (Å²) in [6.45, 7) is 15.7. The summed E-state index contributed by atoms with van der Waals surface area (Å²) >= 11 is 0. The van der Waals surface area contributed by atoms with Crippen molar-refractivity contribution >= 4 is 13.9 Å². The minimum absolute atomic E-state index is 0.294. The summed E-state index contributed by atoms with van der Waals surface area (Å²) < 4.78 is 0. The summed E-state index contributed by atoms with van der Waals surface area (Å²) in [6.07, 6.45) is 1.74. The molecule has 0 saturated carbocycles. The second-order valence-electron chi connectivity index (χ2n) is 5.91. The highest BCUT2D eigenvalue weighted by Gasteiger charge is 2.42. The first-order valence-electron chi connectivity index (χ1n) is 5.67. The molecule has 0 saturated heterocycles. The Morgan fingerprint density at radius 3 is 2.00 bits per heavy atom. The quantitative estimate of drug-likeness (QED) is 0.639. The molecule has 0 bridgehead atoms. The number of hydrogen-bond donors (Lipinski definition) is 0. The lowest BCUT2D eigenvalue weighted by Crippen LogP contribution is -2.44. The molecule has 0 amide bonds. The van der Waals surface area contributed by atoms with Crippen LogP contribution in [0.4, 0.5) is 0 Å². The number of hydrogen-bond acceptors (Lipinski definition) is 1. The maximum absolute atomic E-state index is 11.9. The lowest BCUT2D eigenvalue weighted by atomic mass is 10.2. The van der Waals surface area contributed by atoms with Gasteiger partial charge in [-0.15, -0.1) is 0 Å².